The van der Waals surface area contributed by atoms with Gasteiger partial charge in [0.05, 0.1) is 5.92 Å². The van der Waals surface area contributed by atoms with Crippen LogP contribution in [0.3, 0.4) is 0 Å². The van der Waals surface area contributed by atoms with E-state index in [1.54, 1.807) is 4.90 Å². The first-order valence-corrected chi connectivity index (χ1v) is 7.28. The van der Waals surface area contributed by atoms with Gasteiger partial charge in [-0.2, -0.15) is 0 Å². The first kappa shape index (κ1) is 13.8. The Kier molecular flexibility index (Phi) is 3.52. The second-order valence-corrected chi connectivity index (χ2v) is 5.49. The van der Waals surface area contributed by atoms with Crippen molar-refractivity contribution in [3.63, 3.8) is 0 Å². The van der Waals surface area contributed by atoms with Gasteiger partial charge in [0.15, 0.2) is 0 Å². The summed E-state index contributed by atoms with van der Waals surface area (Å²) >= 11 is 0. The molecule has 2 aromatic carbocycles. The van der Waals surface area contributed by atoms with Crippen LogP contribution in [0.2, 0.25) is 0 Å². The molecule has 0 saturated heterocycles. The predicted molar refractivity (Wildman–Crippen MR) is 83.4 cm³/mol. The average molecular weight is 281 g/mol. The van der Waals surface area contributed by atoms with Crippen LogP contribution < -0.4 is 4.90 Å². The van der Waals surface area contributed by atoms with Crippen molar-refractivity contribution < 1.29 is 9.90 Å². The highest BCUT2D eigenvalue weighted by Crippen LogP contribution is 2.40. The normalized spacial score (nSPS) is 18.7. The summed E-state index contributed by atoms with van der Waals surface area (Å²) in [5.74, 6) is 0.0479. The summed E-state index contributed by atoms with van der Waals surface area (Å²) < 4.78 is 0. The molecular weight excluding hydrogens is 262 g/mol. The van der Waals surface area contributed by atoms with E-state index in [1.807, 2.05) is 62.5 Å². The third-order valence-electron chi connectivity index (χ3n) is 4.26. The number of nitrogens with zero attached hydrogens (tertiary/aromatic N) is 1. The quantitative estimate of drug-likeness (QED) is 0.938. The van der Waals surface area contributed by atoms with Crippen LogP contribution in [-0.4, -0.2) is 18.1 Å². The number of anilines is 1. The zero-order valence-corrected chi connectivity index (χ0v) is 12.3. The van der Waals surface area contributed by atoms with Crippen LogP contribution in [0.5, 0.6) is 0 Å². The minimum absolute atomic E-state index is 0.0899. The molecule has 2 aromatic rings. The summed E-state index contributed by atoms with van der Waals surface area (Å²) in [7, 11) is 1.81. The Hall–Kier alpha value is -2.13. The fourth-order valence-corrected chi connectivity index (χ4v) is 3.04. The molecule has 0 spiro atoms. The van der Waals surface area contributed by atoms with Crippen LogP contribution in [0.1, 0.15) is 42.1 Å². The number of hydrogen-bond donors (Lipinski definition) is 1. The van der Waals surface area contributed by atoms with E-state index in [9.17, 15) is 9.90 Å². The van der Waals surface area contributed by atoms with Crippen molar-refractivity contribution in [3.05, 3.63) is 65.2 Å². The van der Waals surface area contributed by atoms with E-state index in [0.29, 0.717) is 0 Å². The molecule has 1 heterocycles. The second kappa shape index (κ2) is 5.34. The summed E-state index contributed by atoms with van der Waals surface area (Å²) in [6.45, 7) is 2.02. The molecule has 1 aliphatic rings. The molecule has 0 saturated carbocycles. The van der Waals surface area contributed by atoms with Crippen LogP contribution in [-0.2, 0) is 4.79 Å². The van der Waals surface area contributed by atoms with Crippen LogP contribution in [0.4, 0.5) is 5.69 Å². The first-order valence-electron chi connectivity index (χ1n) is 7.28. The maximum atomic E-state index is 12.2. The summed E-state index contributed by atoms with van der Waals surface area (Å²) in [4.78, 5) is 13.9. The third-order valence-corrected chi connectivity index (χ3v) is 4.26. The van der Waals surface area contributed by atoms with Crippen molar-refractivity contribution in [2.45, 2.75) is 25.4 Å². The molecule has 0 aliphatic carbocycles. The maximum absolute atomic E-state index is 12.2. The van der Waals surface area contributed by atoms with Crippen molar-refractivity contribution >= 4 is 11.6 Å². The molecule has 2 unspecified atom stereocenters. The number of aliphatic hydroxyl groups is 1. The Bertz CT molecular complexity index is 666. The van der Waals surface area contributed by atoms with Crippen molar-refractivity contribution in [2.24, 2.45) is 0 Å². The van der Waals surface area contributed by atoms with Gasteiger partial charge in [0.1, 0.15) is 6.10 Å². The minimum Gasteiger partial charge on any atom is -0.384 e. The van der Waals surface area contributed by atoms with Gasteiger partial charge in [0, 0.05) is 12.7 Å². The highest BCUT2D eigenvalue weighted by atomic mass is 16.3. The minimum atomic E-state index is -0.657. The molecule has 1 amide bonds. The lowest BCUT2D eigenvalue weighted by Crippen LogP contribution is -2.23. The Morgan fingerprint density at radius 3 is 2.52 bits per heavy atom. The smallest absolute Gasteiger partial charge is 0.234 e. The van der Waals surface area contributed by atoms with E-state index >= 15 is 0 Å². The molecule has 3 nitrogen and oxygen atoms in total. The van der Waals surface area contributed by atoms with Crippen molar-refractivity contribution in [1.82, 2.24) is 0 Å². The van der Waals surface area contributed by atoms with Crippen molar-refractivity contribution in [1.29, 1.82) is 0 Å². The number of carbonyl (C=O) groups is 1. The van der Waals surface area contributed by atoms with Gasteiger partial charge in [-0.25, -0.2) is 0 Å². The number of amides is 1. The van der Waals surface area contributed by atoms with E-state index in [2.05, 4.69) is 0 Å². The standard InChI is InChI=1S/C18H19NO2/c1-3-14-15-11-13(9-10-16(15)19(2)18(14)21)17(20)12-7-5-4-6-8-12/h4-11,14,17,20H,3H2,1-2H3. The lowest BCUT2D eigenvalue weighted by Gasteiger charge is -2.14. The fourth-order valence-electron chi connectivity index (χ4n) is 3.04. The number of fused-ring (bicyclic) bond motifs is 1. The van der Waals surface area contributed by atoms with Crippen LogP contribution in [0.25, 0.3) is 0 Å². The van der Waals surface area contributed by atoms with Gasteiger partial charge in [-0.1, -0.05) is 43.3 Å². The topological polar surface area (TPSA) is 40.5 Å². The van der Waals surface area contributed by atoms with Gasteiger partial charge >= 0.3 is 0 Å². The predicted octanol–water partition coefficient (Wildman–Crippen LogP) is 3.24. The van der Waals surface area contributed by atoms with E-state index < -0.39 is 6.10 Å². The van der Waals surface area contributed by atoms with Crippen molar-refractivity contribution in [2.75, 3.05) is 11.9 Å². The van der Waals surface area contributed by atoms with E-state index in [4.69, 9.17) is 0 Å². The van der Waals surface area contributed by atoms with Gasteiger partial charge in [-0.05, 0) is 35.2 Å². The lowest BCUT2D eigenvalue weighted by molar-refractivity contribution is -0.119. The fraction of sp³-hybridized carbons (Fsp3) is 0.278. The summed E-state index contributed by atoms with van der Waals surface area (Å²) in [5, 5.41) is 10.5. The third kappa shape index (κ3) is 2.24. The van der Waals surface area contributed by atoms with E-state index in [1.165, 1.54) is 0 Å². The second-order valence-electron chi connectivity index (χ2n) is 5.49. The molecule has 0 fully saturated rings. The van der Waals surface area contributed by atoms with Gasteiger partial charge in [-0.3, -0.25) is 4.79 Å². The molecule has 0 aromatic heterocycles. The molecule has 3 rings (SSSR count). The SMILES string of the molecule is CCC1C(=O)N(C)c2ccc(C(O)c3ccccc3)cc21. The molecule has 21 heavy (non-hydrogen) atoms. The van der Waals surface area contributed by atoms with Gasteiger partial charge in [0.25, 0.3) is 0 Å². The van der Waals surface area contributed by atoms with Gasteiger partial charge < -0.3 is 10.0 Å². The molecule has 2 atom stereocenters. The Morgan fingerprint density at radius 2 is 1.86 bits per heavy atom. The molecule has 1 aliphatic heterocycles. The summed E-state index contributed by atoms with van der Waals surface area (Å²) in [6, 6.07) is 15.4. The monoisotopic (exact) mass is 281 g/mol. The van der Waals surface area contributed by atoms with Gasteiger partial charge in [-0.15, -0.1) is 0 Å². The Labute approximate surface area is 124 Å². The highest BCUT2D eigenvalue weighted by molar-refractivity contribution is 6.04. The number of aliphatic hydroxyl groups excluding tert-OH is 1. The molecule has 1 N–H and O–H groups in total. The number of likely N-dealkylation sites (N-methyl/N-ethyl adjacent to an activating group) is 1. The summed E-state index contributed by atoms with van der Waals surface area (Å²) in [6.07, 6.45) is 0.121. The van der Waals surface area contributed by atoms with Gasteiger partial charge in [0.2, 0.25) is 5.91 Å². The first-order chi connectivity index (χ1) is 10.1. The Morgan fingerprint density at radius 1 is 1.14 bits per heavy atom. The number of carbonyl (C=O) groups excluding carboxylic acids is 1. The number of hydrogen-bond acceptors (Lipinski definition) is 2. The zero-order chi connectivity index (χ0) is 15.0. The molecule has 0 radical (unpaired) electrons. The largest absolute Gasteiger partial charge is 0.384 e. The maximum Gasteiger partial charge on any atom is 0.234 e. The van der Waals surface area contributed by atoms with E-state index in [-0.39, 0.29) is 11.8 Å². The van der Waals surface area contributed by atoms with Crippen LogP contribution in [0.15, 0.2) is 48.5 Å². The van der Waals surface area contributed by atoms with E-state index in [0.717, 1.165) is 28.8 Å². The molecular formula is C18H19NO2. The molecule has 108 valence electrons. The zero-order valence-electron chi connectivity index (χ0n) is 12.3. The summed E-state index contributed by atoms with van der Waals surface area (Å²) in [5.41, 5.74) is 3.68. The van der Waals surface area contributed by atoms with Crippen LogP contribution in [0, 0.1) is 0 Å². The number of benzene rings is 2. The highest BCUT2D eigenvalue weighted by Gasteiger charge is 2.34. The van der Waals surface area contributed by atoms with Crippen LogP contribution >= 0.6 is 0 Å². The average Bonchev–Trinajstić information content (AvgIpc) is 2.78. The van der Waals surface area contributed by atoms with Crippen molar-refractivity contribution in [3.8, 4) is 0 Å². The lowest BCUT2D eigenvalue weighted by atomic mass is 9.93. The molecule has 3 heteroatoms. The molecule has 0 bridgehead atoms. The number of rotatable bonds is 3. The Balaban J connectivity index is 2.01.